The van der Waals surface area contributed by atoms with E-state index in [1.54, 1.807) is 0 Å². The number of nitrogens with one attached hydrogen (secondary N) is 1. The van der Waals surface area contributed by atoms with Gasteiger partial charge in [0.2, 0.25) is 10.0 Å². The Kier molecular flexibility index (Phi) is 3.75. The number of sulfonamides is 1. The van der Waals surface area contributed by atoms with E-state index >= 15 is 0 Å². The quantitative estimate of drug-likeness (QED) is 0.905. The van der Waals surface area contributed by atoms with Crippen LogP contribution in [-0.2, 0) is 10.0 Å². The summed E-state index contributed by atoms with van der Waals surface area (Å²) >= 11 is 0. The molecule has 21 heavy (non-hydrogen) atoms. The number of benzene rings is 1. The summed E-state index contributed by atoms with van der Waals surface area (Å²) in [5.41, 5.74) is 0.129. The van der Waals surface area contributed by atoms with Gasteiger partial charge >= 0.3 is 0 Å². The lowest BCUT2D eigenvalue weighted by molar-refractivity contribution is 0.380. The highest BCUT2D eigenvalue weighted by atomic mass is 32.2. The summed E-state index contributed by atoms with van der Waals surface area (Å²) in [6.45, 7) is 2.14. The van der Waals surface area contributed by atoms with Gasteiger partial charge in [-0.15, -0.1) is 0 Å². The molecular weight excluding hydrogens is 298 g/mol. The smallest absolute Gasteiger partial charge is 0.246 e. The molecule has 1 aromatic rings. The molecule has 2 saturated heterocycles. The van der Waals surface area contributed by atoms with E-state index in [4.69, 9.17) is 0 Å². The molecule has 2 aliphatic heterocycles. The highest BCUT2D eigenvalue weighted by Gasteiger charge is 2.36. The van der Waals surface area contributed by atoms with Crippen LogP contribution < -0.4 is 5.32 Å². The highest BCUT2D eigenvalue weighted by Crippen LogP contribution is 2.27. The third kappa shape index (κ3) is 2.69. The number of nitrogens with zero attached hydrogens (tertiary/aromatic N) is 1. The topological polar surface area (TPSA) is 49.4 Å². The molecule has 2 atom stereocenters. The number of rotatable bonds is 2. The molecule has 2 unspecified atom stereocenters. The molecular formula is C14H18F2N2O2S. The third-order valence-electron chi connectivity index (χ3n) is 4.32. The fourth-order valence-electron chi connectivity index (χ4n) is 3.10. The Morgan fingerprint density at radius 3 is 2.62 bits per heavy atom. The monoisotopic (exact) mass is 316 g/mol. The van der Waals surface area contributed by atoms with E-state index in [2.05, 4.69) is 5.32 Å². The average Bonchev–Trinajstić information content (AvgIpc) is 2.72. The first-order chi connectivity index (χ1) is 9.88. The summed E-state index contributed by atoms with van der Waals surface area (Å²) in [6.07, 6.45) is 2.71. The fraction of sp³-hybridized carbons (Fsp3) is 0.571. The van der Waals surface area contributed by atoms with Crippen molar-refractivity contribution in [2.75, 3.05) is 13.1 Å². The van der Waals surface area contributed by atoms with E-state index in [1.165, 1.54) is 11.2 Å². The molecule has 2 heterocycles. The molecule has 0 spiro atoms. The summed E-state index contributed by atoms with van der Waals surface area (Å²) in [7, 11) is -3.93. The van der Waals surface area contributed by atoms with Crippen molar-refractivity contribution in [3.63, 3.8) is 0 Å². The molecule has 0 radical (unpaired) electrons. The van der Waals surface area contributed by atoms with Gasteiger partial charge in [-0.05, 0) is 37.8 Å². The minimum Gasteiger partial charge on any atom is -0.310 e. The molecule has 7 heteroatoms. The Morgan fingerprint density at radius 2 is 1.86 bits per heavy atom. The van der Waals surface area contributed by atoms with Crippen molar-refractivity contribution in [2.45, 2.75) is 43.2 Å². The second kappa shape index (κ2) is 5.30. The summed E-state index contributed by atoms with van der Waals surface area (Å²) in [4.78, 5) is -0.431. The van der Waals surface area contributed by atoms with Crippen LogP contribution >= 0.6 is 0 Å². The summed E-state index contributed by atoms with van der Waals surface area (Å²) < 4.78 is 53.8. The zero-order valence-electron chi connectivity index (χ0n) is 11.8. The van der Waals surface area contributed by atoms with E-state index in [9.17, 15) is 17.2 Å². The number of fused-ring (bicyclic) bond motifs is 2. The number of aryl methyl sites for hydroxylation is 1. The largest absolute Gasteiger partial charge is 0.310 e. The normalized spacial score (nSPS) is 26.8. The van der Waals surface area contributed by atoms with Crippen LogP contribution in [0, 0.1) is 18.6 Å². The van der Waals surface area contributed by atoms with Crippen molar-refractivity contribution in [1.29, 1.82) is 0 Å². The van der Waals surface area contributed by atoms with Crippen LogP contribution in [-0.4, -0.2) is 37.9 Å². The summed E-state index contributed by atoms with van der Waals surface area (Å²) in [6, 6.07) is 2.19. The first-order valence-electron chi connectivity index (χ1n) is 7.10. The lowest BCUT2D eigenvalue weighted by Crippen LogP contribution is -2.39. The minimum atomic E-state index is -3.93. The van der Waals surface area contributed by atoms with Gasteiger partial charge in [-0.2, -0.15) is 4.31 Å². The SMILES string of the molecule is Cc1cc(S(=O)(=O)N2CCC3CCC(C2)N3)c(F)cc1F. The Morgan fingerprint density at radius 1 is 1.14 bits per heavy atom. The zero-order chi connectivity index (χ0) is 15.2. The first-order valence-corrected chi connectivity index (χ1v) is 8.54. The Bertz CT molecular complexity index is 663. The van der Waals surface area contributed by atoms with Gasteiger partial charge in [0.05, 0.1) is 0 Å². The van der Waals surface area contributed by atoms with Gasteiger partial charge in [0, 0.05) is 31.2 Å². The van der Waals surface area contributed by atoms with Crippen molar-refractivity contribution < 1.29 is 17.2 Å². The predicted octanol–water partition coefficient (Wildman–Crippen LogP) is 1.79. The van der Waals surface area contributed by atoms with Crippen molar-refractivity contribution in [3.8, 4) is 0 Å². The van der Waals surface area contributed by atoms with Crippen LogP contribution in [0.1, 0.15) is 24.8 Å². The standard InChI is InChI=1S/C14H18F2N2O2S/c1-9-6-14(13(16)7-12(9)15)21(19,20)18-5-4-10-2-3-11(8-18)17-10/h6-7,10-11,17H,2-5,8H2,1H3. The first kappa shape index (κ1) is 14.9. The Hall–Kier alpha value is -1.05. The molecule has 0 amide bonds. The molecule has 3 rings (SSSR count). The number of halogens is 2. The number of hydrogen-bond donors (Lipinski definition) is 1. The predicted molar refractivity (Wildman–Crippen MR) is 74.4 cm³/mol. The van der Waals surface area contributed by atoms with Crippen LogP contribution in [0.15, 0.2) is 17.0 Å². The van der Waals surface area contributed by atoms with Crippen LogP contribution in [0.3, 0.4) is 0 Å². The molecule has 2 aliphatic rings. The maximum Gasteiger partial charge on any atom is 0.246 e. The van der Waals surface area contributed by atoms with E-state index in [-0.39, 0.29) is 11.6 Å². The van der Waals surface area contributed by atoms with Crippen LogP contribution in [0.25, 0.3) is 0 Å². The molecule has 0 aromatic heterocycles. The van der Waals surface area contributed by atoms with E-state index < -0.39 is 26.6 Å². The summed E-state index contributed by atoms with van der Waals surface area (Å²) in [5, 5.41) is 3.38. The lowest BCUT2D eigenvalue weighted by atomic mass is 10.1. The molecule has 2 fully saturated rings. The van der Waals surface area contributed by atoms with Gasteiger partial charge in [0.25, 0.3) is 0 Å². The second-order valence-electron chi connectivity index (χ2n) is 5.82. The molecule has 0 aliphatic carbocycles. The van der Waals surface area contributed by atoms with Crippen molar-refractivity contribution in [2.24, 2.45) is 0 Å². The number of hydrogen-bond acceptors (Lipinski definition) is 3. The Balaban J connectivity index is 1.95. The molecule has 0 saturated carbocycles. The summed E-state index contributed by atoms with van der Waals surface area (Å²) in [5.74, 6) is -1.76. The van der Waals surface area contributed by atoms with E-state index in [1.807, 2.05) is 0 Å². The fourth-order valence-corrected chi connectivity index (χ4v) is 4.73. The van der Waals surface area contributed by atoms with Gasteiger partial charge in [0.1, 0.15) is 16.5 Å². The van der Waals surface area contributed by atoms with Crippen LogP contribution in [0.4, 0.5) is 8.78 Å². The Labute approximate surface area is 123 Å². The lowest BCUT2D eigenvalue weighted by Gasteiger charge is -2.24. The highest BCUT2D eigenvalue weighted by molar-refractivity contribution is 7.89. The van der Waals surface area contributed by atoms with E-state index in [0.29, 0.717) is 25.2 Å². The van der Waals surface area contributed by atoms with Crippen LogP contribution in [0.2, 0.25) is 0 Å². The minimum absolute atomic E-state index is 0.122. The van der Waals surface area contributed by atoms with Gasteiger partial charge in [-0.3, -0.25) is 0 Å². The molecule has 4 nitrogen and oxygen atoms in total. The zero-order valence-corrected chi connectivity index (χ0v) is 12.6. The van der Waals surface area contributed by atoms with Crippen molar-refractivity contribution in [3.05, 3.63) is 29.3 Å². The van der Waals surface area contributed by atoms with Crippen LogP contribution in [0.5, 0.6) is 0 Å². The maximum atomic E-state index is 13.9. The van der Waals surface area contributed by atoms with Crippen molar-refractivity contribution >= 4 is 10.0 Å². The van der Waals surface area contributed by atoms with E-state index in [0.717, 1.165) is 25.3 Å². The third-order valence-corrected chi connectivity index (χ3v) is 6.20. The molecule has 1 N–H and O–H groups in total. The average molecular weight is 316 g/mol. The molecule has 116 valence electrons. The maximum absolute atomic E-state index is 13.9. The van der Waals surface area contributed by atoms with Crippen molar-refractivity contribution in [1.82, 2.24) is 9.62 Å². The molecule has 1 aromatic carbocycles. The van der Waals surface area contributed by atoms with Gasteiger partial charge in [-0.1, -0.05) is 0 Å². The van der Waals surface area contributed by atoms with Gasteiger partial charge in [-0.25, -0.2) is 17.2 Å². The van der Waals surface area contributed by atoms with Gasteiger partial charge < -0.3 is 5.32 Å². The second-order valence-corrected chi connectivity index (χ2v) is 7.73. The van der Waals surface area contributed by atoms with Gasteiger partial charge in [0.15, 0.2) is 0 Å². The molecule has 2 bridgehead atoms.